The van der Waals surface area contributed by atoms with Gasteiger partial charge in [0.25, 0.3) is 5.91 Å². The number of anilines is 1. The third-order valence-electron chi connectivity index (χ3n) is 5.79. The van der Waals surface area contributed by atoms with Crippen molar-refractivity contribution in [3.05, 3.63) is 23.8 Å². The van der Waals surface area contributed by atoms with Crippen molar-refractivity contribution in [2.45, 2.75) is 43.0 Å². The lowest BCUT2D eigenvalue weighted by molar-refractivity contribution is 0.0192. The SMILES string of the molecule is CNS(=O)(=O)c1ccc(NC2CC3(CCC3)C2)c(C(=O)NCCN(C)C)c1. The second-order valence-corrected chi connectivity index (χ2v) is 9.96. The lowest BCUT2D eigenvalue weighted by Crippen LogP contribution is -2.49. The van der Waals surface area contributed by atoms with Gasteiger partial charge in [0.2, 0.25) is 10.0 Å². The van der Waals surface area contributed by atoms with Crippen LogP contribution in [0.3, 0.4) is 0 Å². The lowest BCUT2D eigenvalue weighted by Gasteiger charge is -2.54. The molecule has 3 N–H and O–H groups in total. The van der Waals surface area contributed by atoms with Gasteiger partial charge in [0.1, 0.15) is 0 Å². The molecule has 0 bridgehead atoms. The molecule has 2 aliphatic carbocycles. The molecular weight excluding hydrogens is 364 g/mol. The molecule has 0 aliphatic heterocycles. The number of likely N-dealkylation sites (N-methyl/N-ethyl adjacent to an activating group) is 1. The molecule has 1 amide bonds. The molecule has 8 heteroatoms. The minimum atomic E-state index is -3.60. The average Bonchev–Trinajstić information content (AvgIpc) is 2.55. The summed E-state index contributed by atoms with van der Waals surface area (Å²) in [5, 5.41) is 6.34. The summed E-state index contributed by atoms with van der Waals surface area (Å²) in [5.41, 5.74) is 1.60. The van der Waals surface area contributed by atoms with E-state index in [9.17, 15) is 13.2 Å². The molecule has 3 rings (SSSR count). The molecule has 2 aliphatic rings. The van der Waals surface area contributed by atoms with E-state index in [4.69, 9.17) is 0 Å². The van der Waals surface area contributed by atoms with Crippen LogP contribution in [0.5, 0.6) is 0 Å². The van der Waals surface area contributed by atoms with Gasteiger partial charge in [0.15, 0.2) is 0 Å². The van der Waals surface area contributed by atoms with Gasteiger partial charge in [0.05, 0.1) is 10.5 Å². The first-order valence-electron chi connectivity index (χ1n) is 9.52. The largest absolute Gasteiger partial charge is 0.382 e. The number of hydrogen-bond acceptors (Lipinski definition) is 5. The minimum absolute atomic E-state index is 0.0948. The van der Waals surface area contributed by atoms with Crippen LogP contribution in [0.4, 0.5) is 5.69 Å². The third-order valence-corrected chi connectivity index (χ3v) is 7.20. The Morgan fingerprint density at radius 3 is 2.52 bits per heavy atom. The third kappa shape index (κ3) is 4.44. The molecule has 0 radical (unpaired) electrons. The van der Waals surface area contributed by atoms with Crippen molar-refractivity contribution in [3.8, 4) is 0 Å². The number of carbonyl (C=O) groups excluding carboxylic acids is 1. The number of nitrogens with zero attached hydrogens (tertiary/aromatic N) is 1. The summed E-state index contributed by atoms with van der Waals surface area (Å²) in [6, 6.07) is 5.06. The number of amides is 1. The Morgan fingerprint density at radius 1 is 1.26 bits per heavy atom. The maximum Gasteiger partial charge on any atom is 0.253 e. The first-order chi connectivity index (χ1) is 12.7. The molecule has 0 atom stereocenters. The fourth-order valence-electron chi connectivity index (χ4n) is 4.00. The highest BCUT2D eigenvalue weighted by atomic mass is 32.2. The molecule has 1 spiro atoms. The summed E-state index contributed by atoms with van der Waals surface area (Å²) < 4.78 is 26.6. The summed E-state index contributed by atoms with van der Waals surface area (Å²) >= 11 is 0. The second kappa shape index (κ2) is 7.77. The molecule has 0 aromatic heterocycles. The van der Waals surface area contributed by atoms with Crippen molar-refractivity contribution >= 4 is 21.6 Å². The average molecular weight is 395 g/mol. The zero-order valence-corrected chi connectivity index (χ0v) is 17.2. The Morgan fingerprint density at radius 2 is 1.96 bits per heavy atom. The Balaban J connectivity index is 1.77. The number of nitrogens with one attached hydrogen (secondary N) is 3. The van der Waals surface area contributed by atoms with Gasteiger partial charge in [-0.25, -0.2) is 13.1 Å². The van der Waals surface area contributed by atoms with Crippen molar-refractivity contribution in [1.82, 2.24) is 14.9 Å². The van der Waals surface area contributed by atoms with E-state index in [-0.39, 0.29) is 10.8 Å². The van der Waals surface area contributed by atoms with Gasteiger partial charge in [-0.3, -0.25) is 4.79 Å². The quantitative estimate of drug-likeness (QED) is 0.623. The van der Waals surface area contributed by atoms with E-state index in [1.54, 1.807) is 12.1 Å². The van der Waals surface area contributed by atoms with E-state index < -0.39 is 10.0 Å². The van der Waals surface area contributed by atoms with E-state index in [1.807, 2.05) is 19.0 Å². The lowest BCUT2D eigenvalue weighted by atomic mass is 9.54. The molecule has 0 unspecified atom stereocenters. The van der Waals surface area contributed by atoms with Crippen LogP contribution in [0.2, 0.25) is 0 Å². The molecule has 1 aromatic rings. The van der Waals surface area contributed by atoms with E-state index in [2.05, 4.69) is 15.4 Å². The maximum atomic E-state index is 12.7. The number of hydrogen-bond donors (Lipinski definition) is 3. The van der Waals surface area contributed by atoms with Crippen LogP contribution >= 0.6 is 0 Å². The number of sulfonamides is 1. The van der Waals surface area contributed by atoms with Crippen LogP contribution in [0, 0.1) is 5.41 Å². The summed E-state index contributed by atoms with van der Waals surface area (Å²) in [4.78, 5) is 14.8. The van der Waals surface area contributed by atoms with E-state index in [1.165, 1.54) is 32.4 Å². The molecule has 2 saturated carbocycles. The van der Waals surface area contributed by atoms with E-state index in [0.29, 0.717) is 35.8 Å². The topological polar surface area (TPSA) is 90.5 Å². The summed E-state index contributed by atoms with van der Waals surface area (Å²) in [6.45, 7) is 1.22. The number of carbonyl (C=O) groups is 1. The predicted molar refractivity (Wildman–Crippen MR) is 107 cm³/mol. The summed E-state index contributed by atoms with van der Waals surface area (Å²) in [7, 11) is 1.63. The Kier molecular flexibility index (Phi) is 5.79. The van der Waals surface area contributed by atoms with Crippen LogP contribution in [0.1, 0.15) is 42.5 Å². The minimum Gasteiger partial charge on any atom is -0.382 e. The van der Waals surface area contributed by atoms with Crippen molar-refractivity contribution in [3.63, 3.8) is 0 Å². The fourth-order valence-corrected chi connectivity index (χ4v) is 4.76. The van der Waals surface area contributed by atoms with Gasteiger partial charge in [-0.15, -0.1) is 0 Å². The molecule has 2 fully saturated rings. The first-order valence-corrected chi connectivity index (χ1v) is 11.0. The fraction of sp³-hybridized carbons (Fsp3) is 0.632. The van der Waals surface area contributed by atoms with Crippen LogP contribution < -0.4 is 15.4 Å². The first kappa shape index (κ1) is 20.1. The molecule has 150 valence electrons. The van der Waals surface area contributed by atoms with Gasteiger partial charge in [-0.05, 0) is 70.4 Å². The number of benzene rings is 1. The second-order valence-electron chi connectivity index (χ2n) is 8.08. The molecular formula is C19H30N4O3S. The van der Waals surface area contributed by atoms with Crippen LogP contribution in [0.25, 0.3) is 0 Å². The standard InChI is InChI=1S/C19H30N4O3S/c1-20-27(25,26)15-5-6-17(22-14-12-19(13-14)7-4-8-19)16(11-15)18(24)21-9-10-23(2)3/h5-6,11,14,20,22H,4,7-10,12-13H2,1-3H3,(H,21,24). The van der Waals surface area contributed by atoms with Gasteiger partial charge in [-0.1, -0.05) is 6.42 Å². The van der Waals surface area contributed by atoms with Crippen LogP contribution in [-0.4, -0.2) is 59.5 Å². The molecule has 27 heavy (non-hydrogen) atoms. The van der Waals surface area contributed by atoms with Crippen LogP contribution in [-0.2, 0) is 10.0 Å². The van der Waals surface area contributed by atoms with E-state index in [0.717, 1.165) is 12.8 Å². The highest BCUT2D eigenvalue weighted by Crippen LogP contribution is 2.56. The Labute approximate surface area is 161 Å². The molecule has 0 heterocycles. The highest BCUT2D eigenvalue weighted by molar-refractivity contribution is 7.89. The summed E-state index contributed by atoms with van der Waals surface area (Å²) in [5.74, 6) is -0.259. The van der Waals surface area contributed by atoms with Crippen molar-refractivity contribution in [1.29, 1.82) is 0 Å². The smallest absolute Gasteiger partial charge is 0.253 e. The number of rotatable bonds is 8. The van der Waals surface area contributed by atoms with Crippen molar-refractivity contribution in [2.24, 2.45) is 5.41 Å². The zero-order chi connectivity index (χ0) is 19.7. The highest BCUT2D eigenvalue weighted by Gasteiger charge is 2.48. The Hall–Kier alpha value is -1.64. The van der Waals surface area contributed by atoms with E-state index >= 15 is 0 Å². The van der Waals surface area contributed by atoms with Gasteiger partial charge in [0, 0.05) is 24.8 Å². The predicted octanol–water partition coefficient (Wildman–Crippen LogP) is 1.63. The van der Waals surface area contributed by atoms with Gasteiger partial charge in [-0.2, -0.15) is 0 Å². The summed E-state index contributed by atoms with van der Waals surface area (Å²) in [6.07, 6.45) is 6.20. The van der Waals surface area contributed by atoms with Crippen LogP contribution in [0.15, 0.2) is 23.1 Å². The van der Waals surface area contributed by atoms with Crippen molar-refractivity contribution < 1.29 is 13.2 Å². The molecule has 1 aromatic carbocycles. The molecule has 7 nitrogen and oxygen atoms in total. The Bertz CT molecular complexity index is 795. The maximum absolute atomic E-state index is 12.7. The van der Waals surface area contributed by atoms with Gasteiger partial charge >= 0.3 is 0 Å². The molecule has 0 saturated heterocycles. The normalized spacial score (nSPS) is 18.8. The van der Waals surface area contributed by atoms with Crippen molar-refractivity contribution in [2.75, 3.05) is 39.5 Å². The zero-order valence-electron chi connectivity index (χ0n) is 16.3. The van der Waals surface area contributed by atoms with Gasteiger partial charge < -0.3 is 15.5 Å². The monoisotopic (exact) mass is 394 g/mol.